The fourth-order valence-corrected chi connectivity index (χ4v) is 2.70. The number of hydrogen-bond acceptors (Lipinski definition) is 4. The van der Waals surface area contributed by atoms with Crippen LogP contribution in [0.4, 0.5) is 0 Å². The highest BCUT2D eigenvalue weighted by molar-refractivity contribution is 9.21. The van der Waals surface area contributed by atoms with Crippen LogP contribution >= 0.6 is 15.9 Å². The summed E-state index contributed by atoms with van der Waals surface area (Å²) in [5.74, 6) is 0.627. The molecule has 0 radical (unpaired) electrons. The molecule has 0 spiro atoms. The normalized spacial score (nSPS) is 17.8. The Kier molecular flexibility index (Phi) is 3.11. The molecule has 1 aromatic rings. The van der Waals surface area contributed by atoms with Crippen molar-refractivity contribution in [2.75, 3.05) is 6.61 Å². The second-order valence-electron chi connectivity index (χ2n) is 3.08. The van der Waals surface area contributed by atoms with Gasteiger partial charge in [0.1, 0.15) is 17.3 Å². The molecule has 2 rings (SSSR count). The van der Waals surface area contributed by atoms with E-state index in [0.29, 0.717) is 5.75 Å². The first-order valence-electron chi connectivity index (χ1n) is 4.46. The maximum atomic E-state index is 11.6. The quantitative estimate of drug-likeness (QED) is 0.859. The van der Waals surface area contributed by atoms with Gasteiger partial charge in [0.15, 0.2) is 0 Å². The summed E-state index contributed by atoms with van der Waals surface area (Å²) >= 11 is 2.88. The van der Waals surface area contributed by atoms with Crippen molar-refractivity contribution < 1.29 is 13.2 Å². The van der Waals surface area contributed by atoms with Crippen molar-refractivity contribution in [3.63, 3.8) is 0 Å². The van der Waals surface area contributed by atoms with Crippen LogP contribution in [0.3, 0.4) is 0 Å². The maximum absolute atomic E-state index is 11.6. The lowest BCUT2D eigenvalue weighted by atomic mass is 10.3. The Hall–Kier alpha value is -1.14. The molecule has 1 aliphatic rings. The minimum absolute atomic E-state index is 0.00898. The van der Waals surface area contributed by atoms with Gasteiger partial charge < -0.3 is 4.74 Å². The molecule has 16 heavy (non-hydrogen) atoms. The van der Waals surface area contributed by atoms with Crippen LogP contribution < -0.4 is 4.74 Å². The number of benzene rings is 1. The molecule has 0 aromatic heterocycles. The third-order valence-corrected chi connectivity index (χ3v) is 4.95. The molecule has 1 aromatic carbocycles. The lowest BCUT2D eigenvalue weighted by Gasteiger charge is -2.05. The van der Waals surface area contributed by atoms with Crippen LogP contribution in [0.1, 0.15) is 0 Å². The summed E-state index contributed by atoms with van der Waals surface area (Å²) in [5, 5.41) is 0. The fourth-order valence-electron chi connectivity index (χ4n) is 1.16. The van der Waals surface area contributed by atoms with E-state index in [1.54, 1.807) is 12.1 Å². The van der Waals surface area contributed by atoms with Crippen LogP contribution in [0.5, 0.6) is 5.75 Å². The van der Waals surface area contributed by atoms with Crippen molar-refractivity contribution in [1.29, 1.82) is 0 Å². The fraction of sp³-hybridized carbons (Fsp3) is 0.100. The number of hydrogen-bond donors (Lipinski definition) is 0. The molecule has 0 N–H and O–H groups in total. The zero-order valence-electron chi connectivity index (χ0n) is 8.13. The molecule has 0 fully saturated rings. The highest BCUT2D eigenvalue weighted by Gasteiger charge is 2.27. The van der Waals surface area contributed by atoms with Gasteiger partial charge in [-0.1, -0.05) is 18.2 Å². The molecule has 0 unspecified atom stereocenters. The second kappa shape index (κ2) is 4.39. The van der Waals surface area contributed by atoms with Gasteiger partial charge in [-0.25, -0.2) is 13.4 Å². The number of sulfone groups is 1. The second-order valence-corrected chi connectivity index (χ2v) is 6.28. The van der Waals surface area contributed by atoms with Crippen molar-refractivity contribution in [1.82, 2.24) is 0 Å². The van der Waals surface area contributed by atoms with Crippen molar-refractivity contribution >= 4 is 29.7 Å². The van der Waals surface area contributed by atoms with Gasteiger partial charge in [0.2, 0.25) is 13.8 Å². The zero-order chi connectivity index (χ0) is 11.6. The number of para-hydroxylation sites is 1. The van der Waals surface area contributed by atoms with E-state index in [4.69, 9.17) is 4.74 Å². The average molecular weight is 302 g/mol. The van der Waals surface area contributed by atoms with Crippen LogP contribution in [0.2, 0.25) is 0 Å². The topological polar surface area (TPSA) is 55.7 Å². The third kappa shape index (κ3) is 2.17. The van der Waals surface area contributed by atoms with Crippen molar-refractivity contribution in [3.05, 3.63) is 41.4 Å². The number of ether oxygens (including phenoxy) is 1. The van der Waals surface area contributed by atoms with Crippen LogP contribution in [0, 0.1) is 0 Å². The number of aliphatic imine (C=N–C) groups is 1. The van der Waals surface area contributed by atoms with Crippen molar-refractivity contribution in [3.8, 4) is 5.75 Å². The standard InChI is InChI=1S/C10H8BrNO3S/c11-10-12-6-9(16(10,13)14)7-15-8-4-2-1-3-5-8/h1-6H,7H2. The largest absolute Gasteiger partial charge is 0.488 e. The molecule has 84 valence electrons. The predicted octanol–water partition coefficient (Wildman–Crippen LogP) is 2.09. The predicted molar refractivity (Wildman–Crippen MR) is 65.3 cm³/mol. The van der Waals surface area contributed by atoms with Gasteiger partial charge in [-0.15, -0.1) is 0 Å². The van der Waals surface area contributed by atoms with E-state index in [0.717, 1.165) is 0 Å². The molecule has 0 aliphatic carbocycles. The van der Waals surface area contributed by atoms with Gasteiger partial charge in [0, 0.05) is 6.20 Å². The van der Waals surface area contributed by atoms with Crippen LogP contribution in [0.15, 0.2) is 46.4 Å². The maximum Gasteiger partial charge on any atom is 0.231 e. The summed E-state index contributed by atoms with van der Waals surface area (Å²) in [7, 11) is -3.43. The van der Waals surface area contributed by atoms with E-state index in [1.165, 1.54) is 6.20 Å². The SMILES string of the molecule is O=S1(=O)C(COc2ccccc2)=CN=C1Br. The minimum atomic E-state index is -3.43. The summed E-state index contributed by atoms with van der Waals surface area (Å²) in [5.41, 5.74) is 0. The molecule has 6 heteroatoms. The molecule has 0 saturated carbocycles. The first kappa shape index (κ1) is 11.3. The molecular weight excluding hydrogens is 294 g/mol. The summed E-state index contributed by atoms with van der Waals surface area (Å²) in [6.45, 7) is -0.00898. The Morgan fingerprint density at radius 1 is 1.25 bits per heavy atom. The summed E-state index contributed by atoms with van der Waals surface area (Å²) < 4.78 is 28.4. The van der Waals surface area contributed by atoms with Gasteiger partial charge in [0.25, 0.3) is 0 Å². The van der Waals surface area contributed by atoms with Crippen LogP contribution in [-0.2, 0) is 9.84 Å². The summed E-state index contributed by atoms with van der Waals surface area (Å²) in [4.78, 5) is 3.84. The third-order valence-electron chi connectivity index (χ3n) is 2.00. The lowest BCUT2D eigenvalue weighted by Crippen LogP contribution is -2.12. The van der Waals surface area contributed by atoms with E-state index in [-0.39, 0.29) is 15.5 Å². The zero-order valence-corrected chi connectivity index (χ0v) is 10.5. The number of nitrogens with zero attached hydrogens (tertiary/aromatic N) is 1. The molecule has 0 bridgehead atoms. The van der Waals surface area contributed by atoms with E-state index >= 15 is 0 Å². The summed E-state index contributed by atoms with van der Waals surface area (Å²) in [6.07, 6.45) is 1.29. The smallest absolute Gasteiger partial charge is 0.231 e. The van der Waals surface area contributed by atoms with Gasteiger partial charge in [-0.2, -0.15) is 0 Å². The Bertz CT molecular complexity index is 549. The number of halogens is 1. The molecule has 0 saturated heterocycles. The van der Waals surface area contributed by atoms with Crippen molar-refractivity contribution in [2.24, 2.45) is 4.99 Å². The van der Waals surface area contributed by atoms with E-state index in [1.807, 2.05) is 18.2 Å². The molecule has 1 aliphatic heterocycles. The van der Waals surface area contributed by atoms with Gasteiger partial charge in [-0.3, -0.25) is 0 Å². The average Bonchev–Trinajstić information content (AvgIpc) is 2.53. The van der Waals surface area contributed by atoms with Crippen LogP contribution in [0.25, 0.3) is 0 Å². The van der Waals surface area contributed by atoms with E-state index in [2.05, 4.69) is 20.9 Å². The molecular formula is C10H8BrNO3S. The highest BCUT2D eigenvalue weighted by Crippen LogP contribution is 2.21. The van der Waals surface area contributed by atoms with Gasteiger partial charge in [-0.05, 0) is 28.1 Å². The minimum Gasteiger partial charge on any atom is -0.488 e. The highest BCUT2D eigenvalue weighted by atomic mass is 79.9. The monoisotopic (exact) mass is 301 g/mol. The Morgan fingerprint density at radius 2 is 1.94 bits per heavy atom. The van der Waals surface area contributed by atoms with Gasteiger partial charge >= 0.3 is 0 Å². The first-order valence-corrected chi connectivity index (χ1v) is 6.73. The molecule has 0 amide bonds. The Labute approximate surface area is 102 Å². The van der Waals surface area contributed by atoms with Crippen molar-refractivity contribution in [2.45, 2.75) is 0 Å². The Balaban J connectivity index is 2.05. The summed E-state index contributed by atoms with van der Waals surface area (Å²) in [6, 6.07) is 9.02. The molecule has 4 nitrogen and oxygen atoms in total. The van der Waals surface area contributed by atoms with Gasteiger partial charge in [0.05, 0.1) is 0 Å². The van der Waals surface area contributed by atoms with E-state index in [9.17, 15) is 8.42 Å². The number of rotatable bonds is 3. The molecule has 1 heterocycles. The first-order chi connectivity index (χ1) is 7.60. The lowest BCUT2D eigenvalue weighted by molar-refractivity contribution is 0.358. The van der Waals surface area contributed by atoms with E-state index < -0.39 is 9.84 Å². The molecule has 0 atom stereocenters. The Morgan fingerprint density at radius 3 is 2.50 bits per heavy atom. The van der Waals surface area contributed by atoms with Crippen LogP contribution in [-0.4, -0.2) is 19.0 Å².